The maximum atomic E-state index is 13.7. The first kappa shape index (κ1) is 25.1. The second-order valence-electron chi connectivity index (χ2n) is 11.5. The van der Waals surface area contributed by atoms with Crippen molar-refractivity contribution in [1.82, 2.24) is 5.32 Å². The molecule has 3 aliphatic rings. The minimum Gasteiger partial charge on any atom is -0.440 e. The Morgan fingerprint density at radius 2 is 1.84 bits per heavy atom. The van der Waals surface area contributed by atoms with E-state index in [0.717, 1.165) is 0 Å². The zero-order valence-electron chi connectivity index (χ0n) is 20.3. The third-order valence-corrected chi connectivity index (χ3v) is 8.37. The molecule has 182 valence electrons. The number of hydrogen-bond acceptors (Lipinski definition) is 7. The van der Waals surface area contributed by atoms with Crippen LogP contribution in [0.2, 0.25) is 0 Å². The summed E-state index contributed by atoms with van der Waals surface area (Å²) >= 11 is 0. The van der Waals surface area contributed by atoms with Crippen LogP contribution in [-0.2, 0) is 14.3 Å². The van der Waals surface area contributed by atoms with Gasteiger partial charge in [0.15, 0.2) is 17.5 Å². The maximum absolute atomic E-state index is 13.7. The first-order valence-electron chi connectivity index (χ1n) is 11.4. The largest absolute Gasteiger partial charge is 0.440 e. The van der Waals surface area contributed by atoms with Crippen molar-refractivity contribution in [3.8, 4) is 0 Å². The molecule has 1 heterocycles. The van der Waals surface area contributed by atoms with Crippen molar-refractivity contribution in [3.63, 3.8) is 0 Å². The van der Waals surface area contributed by atoms with Gasteiger partial charge in [-0.3, -0.25) is 4.79 Å². The van der Waals surface area contributed by atoms with E-state index in [4.69, 9.17) is 9.47 Å². The highest BCUT2D eigenvalue weighted by Gasteiger charge is 2.81. The van der Waals surface area contributed by atoms with Gasteiger partial charge in [0, 0.05) is 23.8 Å². The number of aliphatic hydroxyl groups is 3. The van der Waals surface area contributed by atoms with Gasteiger partial charge in [-0.1, -0.05) is 26.8 Å². The molecular weight excluding hydrogens is 414 g/mol. The number of alkyl carbamates (subject to hydrolysis) is 1. The molecule has 0 bridgehead atoms. The normalized spacial score (nSPS) is 47.9. The van der Waals surface area contributed by atoms with Gasteiger partial charge in [0.25, 0.3) is 0 Å². The van der Waals surface area contributed by atoms with E-state index < -0.39 is 63.7 Å². The number of hydrogen-bond donors (Lipinski definition) is 4. The fourth-order valence-electron chi connectivity index (χ4n) is 6.86. The van der Waals surface area contributed by atoms with Crippen molar-refractivity contribution in [2.75, 3.05) is 0 Å². The first-order chi connectivity index (χ1) is 14.5. The highest BCUT2D eigenvalue weighted by molar-refractivity contribution is 5.92. The lowest BCUT2D eigenvalue weighted by molar-refractivity contribution is -0.369. The van der Waals surface area contributed by atoms with Gasteiger partial charge < -0.3 is 30.1 Å². The molecular formula is C24H39NO7. The molecule has 0 radical (unpaired) electrons. The van der Waals surface area contributed by atoms with Gasteiger partial charge in [-0.15, -0.1) is 6.58 Å². The Morgan fingerprint density at radius 1 is 1.25 bits per heavy atom. The summed E-state index contributed by atoms with van der Waals surface area (Å²) < 4.78 is 12.1. The number of rotatable bonds is 3. The van der Waals surface area contributed by atoms with E-state index in [1.165, 1.54) is 13.0 Å². The molecule has 3 rings (SSSR count). The minimum absolute atomic E-state index is 0.154. The molecule has 0 spiro atoms. The van der Waals surface area contributed by atoms with Crippen molar-refractivity contribution in [2.24, 2.45) is 16.7 Å². The molecule has 0 aromatic rings. The standard InChI is InChI=1S/C24H39NO7/c1-9-21(6)12-15(27)24(30)22(7)14(26)10-11-20(4,5)17(22)16(28)18(23(24,8)32-21)31-19(29)25-13(2)3/h9,13-14,16-18,26,28,30H,1,10-12H2,2-8H3,(H,25,29)/t14-,16-,17-,18-,21-,22-,23+,24-/m0/s1. The van der Waals surface area contributed by atoms with Crippen molar-refractivity contribution in [2.45, 2.75) is 109 Å². The van der Waals surface area contributed by atoms with E-state index in [1.54, 1.807) is 27.7 Å². The number of ketones is 1. The molecule has 0 aromatic heterocycles. The Bertz CT molecular complexity index is 812. The van der Waals surface area contributed by atoms with Crippen LogP contribution in [0.1, 0.15) is 67.7 Å². The number of carbonyl (C=O) groups is 2. The van der Waals surface area contributed by atoms with Gasteiger partial charge in [-0.2, -0.15) is 0 Å². The van der Waals surface area contributed by atoms with Crippen molar-refractivity contribution < 1.29 is 34.4 Å². The van der Waals surface area contributed by atoms with Gasteiger partial charge in [0.2, 0.25) is 0 Å². The number of nitrogens with one attached hydrogen (secondary N) is 1. The molecule has 8 atom stereocenters. The monoisotopic (exact) mass is 453 g/mol. The SMILES string of the molecule is C=C[C@@]1(C)CC(=O)[C@]2(O)[C@@]3(C)[C@@H](O)CCC(C)(C)[C@@H]3[C@H](O)[C@H](OC(=O)NC(C)C)[C@@]2(C)O1. The van der Waals surface area contributed by atoms with Crippen LogP contribution in [0.5, 0.6) is 0 Å². The molecule has 32 heavy (non-hydrogen) atoms. The topological polar surface area (TPSA) is 125 Å². The predicted molar refractivity (Wildman–Crippen MR) is 118 cm³/mol. The third-order valence-electron chi connectivity index (χ3n) is 8.37. The summed E-state index contributed by atoms with van der Waals surface area (Å²) in [6.45, 7) is 16.0. The van der Waals surface area contributed by atoms with E-state index in [2.05, 4.69) is 11.9 Å². The zero-order valence-corrected chi connectivity index (χ0v) is 20.3. The van der Waals surface area contributed by atoms with Crippen LogP contribution in [0, 0.1) is 16.7 Å². The number of aliphatic hydroxyl groups excluding tert-OH is 2. The fraction of sp³-hybridized carbons (Fsp3) is 0.833. The van der Waals surface area contributed by atoms with Gasteiger partial charge in [-0.05, 0) is 46.0 Å². The Kier molecular flexibility index (Phi) is 5.91. The number of amides is 1. The van der Waals surface area contributed by atoms with E-state index in [0.29, 0.717) is 12.8 Å². The highest BCUT2D eigenvalue weighted by Crippen LogP contribution is 2.67. The average molecular weight is 454 g/mol. The summed E-state index contributed by atoms with van der Waals surface area (Å²) in [5.74, 6) is -1.27. The maximum Gasteiger partial charge on any atom is 0.407 e. The fourth-order valence-corrected chi connectivity index (χ4v) is 6.86. The summed E-state index contributed by atoms with van der Waals surface area (Å²) in [5, 5.41) is 37.8. The molecule has 0 aromatic carbocycles. The van der Waals surface area contributed by atoms with E-state index >= 15 is 0 Å². The Hall–Kier alpha value is -1.48. The molecule has 8 nitrogen and oxygen atoms in total. The van der Waals surface area contributed by atoms with Crippen molar-refractivity contribution >= 4 is 11.9 Å². The smallest absolute Gasteiger partial charge is 0.407 e. The number of Topliss-reactive ketones (excluding diaryl/α,β-unsaturated/α-hetero) is 1. The molecule has 1 amide bonds. The number of fused-ring (bicyclic) bond motifs is 3. The van der Waals surface area contributed by atoms with Crippen LogP contribution < -0.4 is 5.32 Å². The number of ether oxygens (including phenoxy) is 2. The van der Waals surface area contributed by atoms with Crippen LogP contribution in [0.15, 0.2) is 12.7 Å². The highest BCUT2D eigenvalue weighted by atomic mass is 16.6. The summed E-state index contributed by atoms with van der Waals surface area (Å²) in [6, 6.07) is -0.222. The van der Waals surface area contributed by atoms with Gasteiger partial charge in [0.05, 0.1) is 17.8 Å². The molecule has 2 aliphatic carbocycles. The van der Waals surface area contributed by atoms with E-state index in [9.17, 15) is 24.9 Å². The van der Waals surface area contributed by atoms with Crippen LogP contribution in [0.4, 0.5) is 4.79 Å². The Balaban J connectivity index is 2.26. The number of carbonyl (C=O) groups excluding carboxylic acids is 2. The van der Waals surface area contributed by atoms with Gasteiger partial charge in [-0.25, -0.2) is 4.79 Å². The van der Waals surface area contributed by atoms with E-state index in [-0.39, 0.29) is 12.5 Å². The molecule has 2 saturated carbocycles. The summed E-state index contributed by atoms with van der Waals surface area (Å²) in [5.41, 5.74) is -7.19. The van der Waals surface area contributed by atoms with Crippen LogP contribution in [0.25, 0.3) is 0 Å². The quantitative estimate of drug-likeness (QED) is 0.482. The van der Waals surface area contributed by atoms with Crippen molar-refractivity contribution in [3.05, 3.63) is 12.7 Å². The second-order valence-corrected chi connectivity index (χ2v) is 11.5. The lowest BCUT2D eigenvalue weighted by atomic mass is 9.40. The van der Waals surface area contributed by atoms with Crippen LogP contribution in [0.3, 0.4) is 0 Å². The molecule has 8 heteroatoms. The Labute approximate surface area is 190 Å². The van der Waals surface area contributed by atoms with Crippen LogP contribution in [-0.4, -0.2) is 68.4 Å². The lowest BCUT2D eigenvalue weighted by Gasteiger charge is -2.71. The Morgan fingerprint density at radius 3 is 2.38 bits per heavy atom. The summed E-state index contributed by atoms with van der Waals surface area (Å²) in [7, 11) is 0. The molecule has 4 N–H and O–H groups in total. The van der Waals surface area contributed by atoms with Gasteiger partial charge >= 0.3 is 6.09 Å². The average Bonchev–Trinajstić information content (AvgIpc) is 2.65. The summed E-state index contributed by atoms with van der Waals surface area (Å²) in [6.07, 6.45) is -2.26. The van der Waals surface area contributed by atoms with Crippen molar-refractivity contribution in [1.29, 1.82) is 0 Å². The third kappa shape index (κ3) is 3.17. The second kappa shape index (κ2) is 7.52. The predicted octanol–water partition coefficient (Wildman–Crippen LogP) is 2.09. The molecule has 1 aliphatic heterocycles. The van der Waals surface area contributed by atoms with E-state index in [1.807, 2.05) is 13.8 Å². The zero-order chi connectivity index (χ0) is 24.5. The lowest BCUT2D eigenvalue weighted by Crippen LogP contribution is -2.86. The summed E-state index contributed by atoms with van der Waals surface area (Å²) in [4.78, 5) is 26.4. The molecule has 1 saturated heterocycles. The first-order valence-corrected chi connectivity index (χ1v) is 11.4. The molecule has 3 fully saturated rings. The molecule has 0 unspecified atom stereocenters. The van der Waals surface area contributed by atoms with Crippen LogP contribution >= 0.6 is 0 Å². The van der Waals surface area contributed by atoms with Gasteiger partial charge in [0.1, 0.15) is 5.60 Å². The minimum atomic E-state index is -2.22.